The molecule has 16 heavy (non-hydrogen) atoms. The van der Waals surface area contributed by atoms with Crippen molar-refractivity contribution in [2.45, 2.75) is 13.8 Å². The molecule has 3 nitrogen and oxygen atoms in total. The summed E-state index contributed by atoms with van der Waals surface area (Å²) in [4.78, 5) is 18.8. The number of ketones is 1. The summed E-state index contributed by atoms with van der Waals surface area (Å²) >= 11 is 0. The highest BCUT2D eigenvalue weighted by molar-refractivity contribution is 6.37. The molecule has 0 amide bonds. The van der Waals surface area contributed by atoms with E-state index >= 15 is 0 Å². The van der Waals surface area contributed by atoms with Crippen molar-refractivity contribution < 1.29 is 9.18 Å². The Kier molecular flexibility index (Phi) is 4.51. The molecule has 0 aromatic heterocycles. The van der Waals surface area contributed by atoms with Gasteiger partial charge in [-0.1, -0.05) is 12.1 Å². The maximum Gasteiger partial charge on any atom is 0.173 e. The lowest BCUT2D eigenvalue weighted by Crippen LogP contribution is -2.04. The number of carbonyl (C=O) groups is 1. The van der Waals surface area contributed by atoms with Gasteiger partial charge in [0.05, 0.1) is 5.71 Å². The molecule has 0 unspecified atom stereocenters. The first-order valence-electron chi connectivity index (χ1n) is 4.87. The molecule has 0 spiro atoms. The van der Waals surface area contributed by atoms with Gasteiger partial charge >= 0.3 is 0 Å². The molecule has 0 radical (unpaired) electrons. The van der Waals surface area contributed by atoms with E-state index in [4.69, 9.17) is 0 Å². The third-order valence-electron chi connectivity index (χ3n) is 2.01. The van der Waals surface area contributed by atoms with Crippen LogP contribution in [0, 0.1) is 5.82 Å². The smallest absolute Gasteiger partial charge is 0.173 e. The SMILES string of the molecule is CC(=O)C(C)=NCN=Cc1ccc(F)cc1. The Labute approximate surface area is 93.7 Å². The number of carbonyl (C=O) groups excluding carboxylic acids is 1. The van der Waals surface area contributed by atoms with Crippen LogP contribution in [0.15, 0.2) is 34.3 Å². The van der Waals surface area contributed by atoms with Crippen LogP contribution in [0.5, 0.6) is 0 Å². The summed E-state index contributed by atoms with van der Waals surface area (Å²) in [5.41, 5.74) is 1.26. The second kappa shape index (κ2) is 5.90. The third kappa shape index (κ3) is 4.13. The second-order valence-electron chi connectivity index (χ2n) is 3.30. The number of hydrogen-bond acceptors (Lipinski definition) is 3. The minimum atomic E-state index is -0.275. The van der Waals surface area contributed by atoms with Gasteiger partial charge in [0.15, 0.2) is 5.78 Å². The molecule has 4 heteroatoms. The summed E-state index contributed by atoms with van der Waals surface area (Å²) in [7, 11) is 0. The average molecular weight is 220 g/mol. The van der Waals surface area contributed by atoms with E-state index in [0.717, 1.165) is 5.56 Å². The third-order valence-corrected chi connectivity index (χ3v) is 2.01. The largest absolute Gasteiger partial charge is 0.293 e. The number of rotatable bonds is 4. The van der Waals surface area contributed by atoms with Gasteiger partial charge in [-0.05, 0) is 24.6 Å². The van der Waals surface area contributed by atoms with Crippen molar-refractivity contribution in [3.8, 4) is 0 Å². The van der Waals surface area contributed by atoms with Crippen LogP contribution >= 0.6 is 0 Å². The van der Waals surface area contributed by atoms with Crippen LogP contribution in [0.2, 0.25) is 0 Å². The lowest BCUT2D eigenvalue weighted by Gasteiger charge is -1.93. The van der Waals surface area contributed by atoms with Crippen LogP contribution in [0.25, 0.3) is 0 Å². The van der Waals surface area contributed by atoms with Gasteiger partial charge in [0, 0.05) is 13.1 Å². The minimum Gasteiger partial charge on any atom is -0.293 e. The number of aliphatic imine (C=N–C) groups is 2. The average Bonchev–Trinajstić information content (AvgIpc) is 2.26. The molecule has 0 N–H and O–H groups in total. The first-order chi connectivity index (χ1) is 7.59. The van der Waals surface area contributed by atoms with Gasteiger partial charge < -0.3 is 0 Å². The molecule has 0 saturated carbocycles. The van der Waals surface area contributed by atoms with Gasteiger partial charge in [-0.2, -0.15) is 0 Å². The van der Waals surface area contributed by atoms with E-state index < -0.39 is 0 Å². The molecule has 0 fully saturated rings. The van der Waals surface area contributed by atoms with Crippen molar-refractivity contribution >= 4 is 17.7 Å². The van der Waals surface area contributed by atoms with Crippen molar-refractivity contribution in [1.82, 2.24) is 0 Å². The molecule has 0 aliphatic heterocycles. The highest BCUT2D eigenvalue weighted by atomic mass is 19.1. The highest BCUT2D eigenvalue weighted by Crippen LogP contribution is 1.99. The molecule has 1 aromatic carbocycles. The number of benzene rings is 1. The molecular weight excluding hydrogens is 207 g/mol. The quantitative estimate of drug-likeness (QED) is 0.717. The van der Waals surface area contributed by atoms with Gasteiger partial charge in [0.25, 0.3) is 0 Å². The zero-order valence-corrected chi connectivity index (χ0v) is 9.27. The summed E-state index contributed by atoms with van der Waals surface area (Å²) in [6.07, 6.45) is 1.59. The normalized spacial score (nSPS) is 12.1. The predicted octanol–water partition coefficient (Wildman–Crippen LogP) is 2.25. The van der Waals surface area contributed by atoms with Crippen LogP contribution in [-0.4, -0.2) is 24.4 Å². The molecule has 0 aliphatic rings. The van der Waals surface area contributed by atoms with E-state index in [9.17, 15) is 9.18 Å². The first kappa shape index (κ1) is 12.2. The van der Waals surface area contributed by atoms with Crippen LogP contribution in [0.3, 0.4) is 0 Å². The molecule has 0 bridgehead atoms. The van der Waals surface area contributed by atoms with Crippen molar-refractivity contribution in [1.29, 1.82) is 0 Å². The van der Waals surface area contributed by atoms with Crippen LogP contribution in [0.1, 0.15) is 19.4 Å². The predicted molar refractivity (Wildman–Crippen MR) is 62.7 cm³/mol. The Morgan fingerprint density at radius 3 is 2.50 bits per heavy atom. The van der Waals surface area contributed by atoms with Crippen molar-refractivity contribution in [3.63, 3.8) is 0 Å². The second-order valence-corrected chi connectivity index (χ2v) is 3.30. The fourth-order valence-electron chi connectivity index (χ4n) is 0.953. The fourth-order valence-corrected chi connectivity index (χ4v) is 0.953. The lowest BCUT2D eigenvalue weighted by molar-refractivity contribution is -0.111. The van der Waals surface area contributed by atoms with Gasteiger partial charge in [-0.25, -0.2) is 4.39 Å². The van der Waals surface area contributed by atoms with Gasteiger partial charge in [0.2, 0.25) is 0 Å². The molecule has 1 aromatic rings. The highest BCUT2D eigenvalue weighted by Gasteiger charge is 1.94. The summed E-state index contributed by atoms with van der Waals surface area (Å²) in [5, 5.41) is 0. The Bertz CT molecular complexity index is 421. The number of nitrogens with zero attached hydrogens (tertiary/aromatic N) is 2. The van der Waals surface area contributed by atoms with Gasteiger partial charge in [-0.15, -0.1) is 0 Å². The molecule has 84 valence electrons. The van der Waals surface area contributed by atoms with Crippen molar-refractivity contribution in [2.75, 3.05) is 6.67 Å². The van der Waals surface area contributed by atoms with Gasteiger partial charge in [-0.3, -0.25) is 14.8 Å². The Morgan fingerprint density at radius 2 is 1.94 bits per heavy atom. The van der Waals surface area contributed by atoms with Crippen molar-refractivity contribution in [2.24, 2.45) is 9.98 Å². The zero-order chi connectivity index (χ0) is 12.0. The fraction of sp³-hybridized carbons (Fsp3) is 0.250. The molecule has 0 saturated heterocycles. The molecule has 0 heterocycles. The Morgan fingerprint density at radius 1 is 1.31 bits per heavy atom. The van der Waals surface area contributed by atoms with E-state index in [1.165, 1.54) is 19.1 Å². The Balaban J connectivity index is 2.52. The first-order valence-corrected chi connectivity index (χ1v) is 4.87. The maximum absolute atomic E-state index is 12.6. The van der Waals surface area contributed by atoms with Crippen LogP contribution in [-0.2, 0) is 4.79 Å². The van der Waals surface area contributed by atoms with Crippen LogP contribution < -0.4 is 0 Å². The minimum absolute atomic E-state index is 0.0583. The summed E-state index contributed by atoms with van der Waals surface area (Å²) in [6.45, 7) is 3.32. The summed E-state index contributed by atoms with van der Waals surface area (Å²) < 4.78 is 12.6. The monoisotopic (exact) mass is 220 g/mol. The Hall–Kier alpha value is -1.84. The van der Waals surface area contributed by atoms with E-state index in [-0.39, 0.29) is 18.3 Å². The molecule has 0 aliphatic carbocycles. The molecular formula is C12H13FN2O. The number of hydrogen-bond donors (Lipinski definition) is 0. The molecule has 0 atom stereocenters. The number of Topliss-reactive ketones (excluding diaryl/α,β-unsaturated/α-hetero) is 1. The van der Waals surface area contributed by atoms with E-state index in [1.807, 2.05) is 0 Å². The lowest BCUT2D eigenvalue weighted by atomic mass is 10.2. The summed E-state index contributed by atoms with van der Waals surface area (Å²) in [6, 6.07) is 5.98. The molecule has 1 rings (SSSR count). The van der Waals surface area contributed by atoms with E-state index in [0.29, 0.717) is 5.71 Å². The van der Waals surface area contributed by atoms with E-state index in [1.54, 1.807) is 25.3 Å². The van der Waals surface area contributed by atoms with Gasteiger partial charge in [0.1, 0.15) is 12.5 Å². The van der Waals surface area contributed by atoms with Crippen LogP contribution in [0.4, 0.5) is 4.39 Å². The van der Waals surface area contributed by atoms with Crippen molar-refractivity contribution in [3.05, 3.63) is 35.6 Å². The zero-order valence-electron chi connectivity index (χ0n) is 9.27. The standard InChI is InChI=1S/C12H13FN2O/c1-9(10(2)16)15-8-14-7-11-3-5-12(13)6-4-11/h3-7H,8H2,1-2H3. The maximum atomic E-state index is 12.6. The topological polar surface area (TPSA) is 41.8 Å². The summed E-state index contributed by atoms with van der Waals surface area (Å²) in [5.74, 6) is -0.334. The van der Waals surface area contributed by atoms with E-state index in [2.05, 4.69) is 9.98 Å². The number of halogens is 1.